The highest BCUT2D eigenvalue weighted by molar-refractivity contribution is 5.13. The fourth-order valence-electron chi connectivity index (χ4n) is 2.01. The van der Waals surface area contributed by atoms with Crippen molar-refractivity contribution >= 4 is 0 Å². The Morgan fingerprint density at radius 3 is 2.82 bits per heavy atom. The summed E-state index contributed by atoms with van der Waals surface area (Å²) in [6.07, 6.45) is 0.404. The molecule has 0 heterocycles. The first-order valence-corrected chi connectivity index (χ1v) is 6.22. The van der Waals surface area contributed by atoms with E-state index in [1.165, 1.54) is 5.56 Å². The molecular weight excluding hydrogens is 216 g/mol. The molecule has 0 aliphatic heterocycles. The number of ether oxygens (including phenoxy) is 2. The molecule has 1 aromatic rings. The zero-order valence-corrected chi connectivity index (χ0v) is 10.2. The summed E-state index contributed by atoms with van der Waals surface area (Å²) in [6.45, 7) is 3.82. The number of aliphatic hydroxyl groups excluding tert-OH is 1. The molecule has 1 aliphatic carbocycles. The van der Waals surface area contributed by atoms with E-state index in [2.05, 4.69) is 12.1 Å². The van der Waals surface area contributed by atoms with Crippen molar-refractivity contribution in [1.82, 2.24) is 0 Å². The Labute approximate surface area is 102 Å². The Morgan fingerprint density at radius 2 is 2.12 bits per heavy atom. The van der Waals surface area contributed by atoms with Gasteiger partial charge in [-0.3, -0.25) is 0 Å². The number of hydrogen-bond acceptors (Lipinski definition) is 3. The van der Waals surface area contributed by atoms with E-state index < -0.39 is 6.29 Å². The smallest absolute Gasteiger partial charge is 0.157 e. The van der Waals surface area contributed by atoms with Crippen LogP contribution in [0.5, 0.6) is 0 Å². The maximum atomic E-state index is 9.60. The van der Waals surface area contributed by atoms with Crippen LogP contribution in [0.25, 0.3) is 0 Å². The van der Waals surface area contributed by atoms with Crippen LogP contribution in [-0.2, 0) is 16.1 Å². The van der Waals surface area contributed by atoms with Gasteiger partial charge in [0.05, 0.1) is 13.2 Å². The molecule has 2 rings (SSSR count). The van der Waals surface area contributed by atoms with E-state index in [1.54, 1.807) is 0 Å². The number of hydrogen-bond donors (Lipinski definition) is 1. The third-order valence-corrected chi connectivity index (χ3v) is 3.12. The first kappa shape index (κ1) is 12.6. The summed E-state index contributed by atoms with van der Waals surface area (Å²) in [5, 5.41) is 9.60. The zero-order valence-electron chi connectivity index (χ0n) is 10.2. The number of rotatable bonds is 7. The monoisotopic (exact) mass is 236 g/mol. The Balaban J connectivity index is 1.62. The molecule has 1 saturated carbocycles. The van der Waals surface area contributed by atoms with Gasteiger partial charge in [-0.05, 0) is 24.8 Å². The van der Waals surface area contributed by atoms with Crippen molar-refractivity contribution < 1.29 is 14.6 Å². The molecule has 0 saturated heterocycles. The summed E-state index contributed by atoms with van der Waals surface area (Å²) < 4.78 is 10.8. The molecule has 94 valence electrons. The fourth-order valence-corrected chi connectivity index (χ4v) is 2.01. The predicted molar refractivity (Wildman–Crippen MR) is 65.3 cm³/mol. The summed E-state index contributed by atoms with van der Waals surface area (Å²) in [7, 11) is 0. The highest BCUT2D eigenvalue weighted by Gasteiger charge is 2.42. The van der Waals surface area contributed by atoms with Gasteiger partial charge < -0.3 is 14.6 Å². The Bertz CT molecular complexity index is 325. The van der Waals surface area contributed by atoms with Crippen molar-refractivity contribution in [2.24, 2.45) is 11.8 Å². The molecule has 3 heteroatoms. The normalized spacial score (nSPS) is 24.6. The van der Waals surface area contributed by atoms with Gasteiger partial charge in [-0.15, -0.1) is 0 Å². The van der Waals surface area contributed by atoms with E-state index in [0.29, 0.717) is 25.7 Å². The molecule has 3 nitrogen and oxygen atoms in total. The highest BCUT2D eigenvalue weighted by atomic mass is 16.6. The van der Waals surface area contributed by atoms with Gasteiger partial charge in [-0.1, -0.05) is 30.3 Å². The minimum Gasteiger partial charge on any atom is -0.376 e. The third-order valence-electron chi connectivity index (χ3n) is 3.12. The van der Waals surface area contributed by atoms with Crippen molar-refractivity contribution in [1.29, 1.82) is 0 Å². The second-order valence-electron chi connectivity index (χ2n) is 4.51. The molecule has 0 radical (unpaired) electrons. The van der Waals surface area contributed by atoms with Gasteiger partial charge in [-0.2, -0.15) is 0 Å². The lowest BCUT2D eigenvalue weighted by Gasteiger charge is -2.10. The molecule has 0 spiro atoms. The Kier molecular flexibility index (Phi) is 4.54. The van der Waals surface area contributed by atoms with Crippen molar-refractivity contribution in [3.05, 3.63) is 35.9 Å². The first-order valence-electron chi connectivity index (χ1n) is 6.22. The SMILES string of the molecule is CCOC(O)C1CC1COCc1ccccc1. The van der Waals surface area contributed by atoms with Crippen LogP contribution >= 0.6 is 0 Å². The molecule has 1 fully saturated rings. The van der Waals surface area contributed by atoms with Crippen molar-refractivity contribution in [2.75, 3.05) is 13.2 Å². The Morgan fingerprint density at radius 1 is 1.35 bits per heavy atom. The van der Waals surface area contributed by atoms with Crippen LogP contribution in [0.2, 0.25) is 0 Å². The van der Waals surface area contributed by atoms with Crippen LogP contribution in [0, 0.1) is 11.8 Å². The lowest BCUT2D eigenvalue weighted by atomic mass is 10.2. The van der Waals surface area contributed by atoms with E-state index in [1.807, 2.05) is 25.1 Å². The summed E-state index contributed by atoms with van der Waals surface area (Å²) in [5.41, 5.74) is 1.19. The van der Waals surface area contributed by atoms with E-state index in [4.69, 9.17) is 9.47 Å². The highest BCUT2D eigenvalue weighted by Crippen LogP contribution is 2.41. The molecule has 3 atom stereocenters. The van der Waals surface area contributed by atoms with Crippen LogP contribution in [0.15, 0.2) is 30.3 Å². The van der Waals surface area contributed by atoms with Gasteiger partial charge in [0.25, 0.3) is 0 Å². The minimum absolute atomic E-state index is 0.269. The number of aliphatic hydroxyl groups is 1. The lowest BCUT2D eigenvalue weighted by Crippen LogP contribution is -2.16. The van der Waals surface area contributed by atoms with E-state index in [-0.39, 0.29) is 5.92 Å². The van der Waals surface area contributed by atoms with E-state index in [9.17, 15) is 5.11 Å². The van der Waals surface area contributed by atoms with Gasteiger partial charge in [-0.25, -0.2) is 0 Å². The van der Waals surface area contributed by atoms with Crippen LogP contribution in [0.3, 0.4) is 0 Å². The van der Waals surface area contributed by atoms with Gasteiger partial charge in [0.15, 0.2) is 6.29 Å². The maximum absolute atomic E-state index is 9.60. The van der Waals surface area contributed by atoms with Crippen LogP contribution in [-0.4, -0.2) is 24.6 Å². The average Bonchev–Trinajstić information content (AvgIpc) is 3.10. The maximum Gasteiger partial charge on any atom is 0.157 e. The summed E-state index contributed by atoms with van der Waals surface area (Å²) in [4.78, 5) is 0. The molecule has 0 bridgehead atoms. The van der Waals surface area contributed by atoms with Gasteiger partial charge in [0.1, 0.15) is 0 Å². The standard InChI is InChI=1S/C14H20O3/c1-2-17-14(15)13-8-12(13)10-16-9-11-6-4-3-5-7-11/h3-7,12-15H,2,8-10H2,1H3. The van der Waals surface area contributed by atoms with Crippen LogP contribution in [0.1, 0.15) is 18.9 Å². The molecule has 1 aliphatic rings. The molecule has 1 aromatic carbocycles. The second kappa shape index (κ2) is 6.15. The Hall–Kier alpha value is -0.900. The van der Waals surface area contributed by atoms with Crippen molar-refractivity contribution in [3.8, 4) is 0 Å². The molecule has 3 unspecified atom stereocenters. The summed E-state index contributed by atoms with van der Waals surface area (Å²) in [5.74, 6) is 0.728. The van der Waals surface area contributed by atoms with E-state index in [0.717, 1.165) is 6.42 Å². The quantitative estimate of drug-likeness (QED) is 0.738. The van der Waals surface area contributed by atoms with E-state index >= 15 is 0 Å². The molecular formula is C14H20O3. The van der Waals surface area contributed by atoms with Crippen molar-refractivity contribution in [3.63, 3.8) is 0 Å². The summed E-state index contributed by atoms with van der Waals surface area (Å²) in [6, 6.07) is 10.1. The van der Waals surface area contributed by atoms with Gasteiger partial charge in [0, 0.05) is 12.5 Å². The summed E-state index contributed by atoms with van der Waals surface area (Å²) >= 11 is 0. The number of benzene rings is 1. The predicted octanol–water partition coefficient (Wildman–Crippen LogP) is 2.19. The topological polar surface area (TPSA) is 38.7 Å². The van der Waals surface area contributed by atoms with Crippen molar-refractivity contribution in [2.45, 2.75) is 26.2 Å². The minimum atomic E-state index is -0.606. The third kappa shape index (κ3) is 3.80. The first-order chi connectivity index (χ1) is 8.31. The second-order valence-corrected chi connectivity index (χ2v) is 4.51. The molecule has 0 amide bonds. The average molecular weight is 236 g/mol. The molecule has 1 N–H and O–H groups in total. The van der Waals surface area contributed by atoms with Gasteiger partial charge in [0.2, 0.25) is 0 Å². The molecule has 17 heavy (non-hydrogen) atoms. The van der Waals surface area contributed by atoms with Crippen LogP contribution < -0.4 is 0 Å². The fraction of sp³-hybridized carbons (Fsp3) is 0.571. The molecule has 0 aromatic heterocycles. The van der Waals surface area contributed by atoms with Gasteiger partial charge >= 0.3 is 0 Å². The van der Waals surface area contributed by atoms with Crippen LogP contribution in [0.4, 0.5) is 0 Å². The zero-order chi connectivity index (χ0) is 12.1. The largest absolute Gasteiger partial charge is 0.376 e. The lowest BCUT2D eigenvalue weighted by molar-refractivity contribution is -0.113.